The van der Waals surface area contributed by atoms with Crippen LogP contribution in [-0.2, 0) is 16.7 Å². The molecule has 2 heteroatoms. The van der Waals surface area contributed by atoms with Gasteiger partial charge in [-0.15, -0.1) is 0 Å². The van der Waals surface area contributed by atoms with Gasteiger partial charge in [0.05, 0.1) is 5.60 Å². The summed E-state index contributed by atoms with van der Waals surface area (Å²) < 4.78 is 6.29. The zero-order valence-electron chi connectivity index (χ0n) is 14.5. The summed E-state index contributed by atoms with van der Waals surface area (Å²) in [5, 5.41) is 0. The first-order valence-corrected chi connectivity index (χ1v) is 9.69. The predicted molar refractivity (Wildman–Crippen MR) is 94.3 cm³/mol. The van der Waals surface area contributed by atoms with E-state index in [-0.39, 0.29) is 11.1 Å². The highest BCUT2D eigenvalue weighted by molar-refractivity contribution is 5.38. The molecule has 0 radical (unpaired) electrons. The summed E-state index contributed by atoms with van der Waals surface area (Å²) >= 11 is 0. The molecule has 1 aromatic carbocycles. The first kappa shape index (κ1) is 15.7. The Morgan fingerprint density at radius 1 is 1.17 bits per heavy atom. The predicted octanol–water partition coefficient (Wildman–Crippen LogP) is 4.55. The number of benzene rings is 1. The van der Waals surface area contributed by atoms with Crippen molar-refractivity contribution in [2.45, 2.75) is 75.9 Å². The van der Waals surface area contributed by atoms with Gasteiger partial charge in [0, 0.05) is 12.1 Å². The fraction of sp³-hybridized carbons (Fsp3) is 0.714. The van der Waals surface area contributed by atoms with Crippen LogP contribution < -0.4 is 5.73 Å². The smallest absolute Gasteiger partial charge is 0.0686 e. The minimum absolute atomic E-state index is 0.150. The highest BCUT2D eigenvalue weighted by Gasteiger charge is 2.51. The monoisotopic (exact) mass is 313 g/mol. The van der Waals surface area contributed by atoms with Crippen molar-refractivity contribution in [2.75, 3.05) is 6.61 Å². The molecular formula is C21H31NO. The van der Waals surface area contributed by atoms with E-state index in [1.165, 1.54) is 62.5 Å². The summed E-state index contributed by atoms with van der Waals surface area (Å²) in [4.78, 5) is 0. The Hall–Kier alpha value is -0.860. The molecule has 2 fully saturated rings. The molecule has 3 atom stereocenters. The van der Waals surface area contributed by atoms with E-state index in [4.69, 9.17) is 10.5 Å². The van der Waals surface area contributed by atoms with Crippen molar-refractivity contribution in [3.8, 4) is 0 Å². The third-order valence-corrected chi connectivity index (χ3v) is 7.10. The molecule has 1 spiro atoms. The molecule has 0 aromatic heterocycles. The van der Waals surface area contributed by atoms with Crippen LogP contribution in [0.1, 0.15) is 69.4 Å². The molecule has 1 heterocycles. The lowest BCUT2D eigenvalue weighted by Gasteiger charge is -2.52. The third kappa shape index (κ3) is 2.46. The van der Waals surface area contributed by atoms with Gasteiger partial charge in [0.1, 0.15) is 0 Å². The number of fused-ring (bicyclic) bond motifs is 1. The lowest BCUT2D eigenvalue weighted by atomic mass is 9.59. The quantitative estimate of drug-likeness (QED) is 0.869. The van der Waals surface area contributed by atoms with Gasteiger partial charge in [0.2, 0.25) is 0 Å². The number of ether oxygens (including phenoxy) is 1. The van der Waals surface area contributed by atoms with E-state index >= 15 is 0 Å². The highest BCUT2D eigenvalue weighted by atomic mass is 16.5. The van der Waals surface area contributed by atoms with Crippen LogP contribution in [0.15, 0.2) is 24.3 Å². The van der Waals surface area contributed by atoms with Gasteiger partial charge < -0.3 is 10.5 Å². The van der Waals surface area contributed by atoms with E-state index in [2.05, 4.69) is 31.2 Å². The van der Waals surface area contributed by atoms with Crippen LogP contribution in [0.25, 0.3) is 0 Å². The molecule has 3 aliphatic rings. The van der Waals surface area contributed by atoms with Crippen LogP contribution in [0.3, 0.4) is 0 Å². The van der Waals surface area contributed by atoms with Crippen LogP contribution in [0.4, 0.5) is 0 Å². The Labute approximate surface area is 140 Å². The lowest BCUT2D eigenvalue weighted by molar-refractivity contribution is -0.112. The maximum Gasteiger partial charge on any atom is 0.0686 e. The number of nitrogens with two attached hydrogens (primary N) is 1. The molecule has 126 valence electrons. The highest BCUT2D eigenvalue weighted by Crippen LogP contribution is 2.52. The van der Waals surface area contributed by atoms with E-state index in [9.17, 15) is 0 Å². The largest absolute Gasteiger partial charge is 0.375 e. The van der Waals surface area contributed by atoms with Crippen LogP contribution >= 0.6 is 0 Å². The number of hydrogen-bond acceptors (Lipinski definition) is 2. The van der Waals surface area contributed by atoms with Crippen molar-refractivity contribution in [3.63, 3.8) is 0 Å². The van der Waals surface area contributed by atoms with Crippen molar-refractivity contribution < 1.29 is 4.74 Å². The van der Waals surface area contributed by atoms with Gasteiger partial charge >= 0.3 is 0 Å². The van der Waals surface area contributed by atoms with Crippen molar-refractivity contribution >= 4 is 0 Å². The summed E-state index contributed by atoms with van der Waals surface area (Å²) in [7, 11) is 0. The Bertz CT molecular complexity index is 563. The van der Waals surface area contributed by atoms with Crippen molar-refractivity contribution in [1.29, 1.82) is 0 Å². The number of hydrogen-bond donors (Lipinski definition) is 1. The minimum atomic E-state index is -0.150. The normalized spacial score (nSPS) is 36.1. The van der Waals surface area contributed by atoms with Gasteiger partial charge in [0.25, 0.3) is 0 Å². The van der Waals surface area contributed by atoms with Gasteiger partial charge in [-0.1, -0.05) is 50.5 Å². The Kier molecular flexibility index (Phi) is 4.01. The maximum atomic E-state index is 7.30. The fourth-order valence-corrected chi connectivity index (χ4v) is 5.85. The molecule has 2 nitrogen and oxygen atoms in total. The van der Waals surface area contributed by atoms with E-state index in [1.807, 2.05) is 0 Å². The first-order valence-electron chi connectivity index (χ1n) is 9.69. The molecule has 4 rings (SSSR count). The van der Waals surface area contributed by atoms with Crippen LogP contribution in [0.2, 0.25) is 0 Å². The molecule has 1 aromatic rings. The molecular weight excluding hydrogens is 282 g/mol. The number of rotatable bonds is 2. The third-order valence-electron chi connectivity index (χ3n) is 7.10. The van der Waals surface area contributed by atoms with Crippen molar-refractivity contribution in [2.24, 2.45) is 17.6 Å². The Balaban J connectivity index is 1.72. The van der Waals surface area contributed by atoms with Crippen molar-refractivity contribution in [1.82, 2.24) is 0 Å². The van der Waals surface area contributed by atoms with Gasteiger partial charge in [0.15, 0.2) is 0 Å². The summed E-state index contributed by atoms with van der Waals surface area (Å²) in [6.07, 6.45) is 11.1. The molecule has 2 N–H and O–H groups in total. The maximum absolute atomic E-state index is 7.30. The first-order chi connectivity index (χ1) is 11.2. The average Bonchev–Trinajstić information content (AvgIpc) is 3.03. The molecule has 0 bridgehead atoms. The minimum Gasteiger partial charge on any atom is -0.375 e. The van der Waals surface area contributed by atoms with E-state index in [0.29, 0.717) is 11.8 Å². The summed E-state index contributed by atoms with van der Waals surface area (Å²) in [5.41, 5.74) is 10.2. The van der Waals surface area contributed by atoms with Crippen LogP contribution in [0.5, 0.6) is 0 Å². The summed E-state index contributed by atoms with van der Waals surface area (Å²) in [6, 6.07) is 8.97. The van der Waals surface area contributed by atoms with E-state index in [1.54, 1.807) is 0 Å². The lowest BCUT2D eigenvalue weighted by Crippen LogP contribution is -2.56. The zero-order chi connectivity index (χ0) is 15.9. The topological polar surface area (TPSA) is 35.2 Å². The second-order valence-electron chi connectivity index (χ2n) is 8.16. The van der Waals surface area contributed by atoms with Gasteiger partial charge in [-0.2, -0.15) is 0 Å². The van der Waals surface area contributed by atoms with Crippen molar-refractivity contribution in [3.05, 3.63) is 35.4 Å². The van der Waals surface area contributed by atoms with E-state index in [0.717, 1.165) is 13.0 Å². The number of aryl methyl sites for hydroxylation is 1. The fourth-order valence-electron chi connectivity index (χ4n) is 5.85. The molecule has 2 aliphatic carbocycles. The average molecular weight is 313 g/mol. The van der Waals surface area contributed by atoms with Crippen LogP contribution in [-0.4, -0.2) is 12.2 Å². The summed E-state index contributed by atoms with van der Waals surface area (Å²) in [5.74, 6) is 1.18. The van der Waals surface area contributed by atoms with Crippen LogP contribution in [0, 0.1) is 11.8 Å². The zero-order valence-corrected chi connectivity index (χ0v) is 14.5. The molecule has 1 aliphatic heterocycles. The second kappa shape index (κ2) is 5.89. The molecule has 3 unspecified atom stereocenters. The van der Waals surface area contributed by atoms with Gasteiger partial charge in [-0.25, -0.2) is 0 Å². The van der Waals surface area contributed by atoms with Gasteiger partial charge in [-0.3, -0.25) is 0 Å². The second-order valence-corrected chi connectivity index (χ2v) is 8.16. The van der Waals surface area contributed by atoms with E-state index < -0.39 is 0 Å². The summed E-state index contributed by atoms with van der Waals surface area (Å²) in [6.45, 7) is 3.23. The Morgan fingerprint density at radius 2 is 1.96 bits per heavy atom. The standard InChI is InChI=1S/C21H31NO/c1-2-17-10-9-16-7-3-4-8-19(16)21(17,22)18-11-14-23-20(15-18)12-5-6-13-20/h3-4,7-8,17-18H,2,5-6,9-15,22H2,1H3. The molecule has 1 saturated heterocycles. The molecule has 23 heavy (non-hydrogen) atoms. The molecule has 1 saturated carbocycles. The molecule has 0 amide bonds. The van der Waals surface area contributed by atoms with Gasteiger partial charge in [-0.05, 0) is 61.5 Å². The SMILES string of the molecule is CCC1CCc2ccccc2C1(N)C1CCOC2(CCCC2)C1. The Morgan fingerprint density at radius 3 is 2.74 bits per heavy atom.